The lowest BCUT2D eigenvalue weighted by Gasteiger charge is -2.25. The second kappa shape index (κ2) is 10.6. The van der Waals surface area contributed by atoms with Crippen molar-refractivity contribution in [3.05, 3.63) is 0 Å². The molecular formula is C15H32F2O2. The summed E-state index contributed by atoms with van der Waals surface area (Å²) in [5.41, 5.74) is 0. The van der Waals surface area contributed by atoms with Gasteiger partial charge >= 0.3 is 0 Å². The molecule has 2 aliphatic rings. The van der Waals surface area contributed by atoms with Crippen LogP contribution in [0, 0.1) is 17.8 Å². The van der Waals surface area contributed by atoms with Crippen LogP contribution in [0.4, 0.5) is 8.78 Å². The lowest BCUT2D eigenvalue weighted by molar-refractivity contribution is 0.0882. The zero-order valence-corrected chi connectivity index (χ0v) is 12.6. The van der Waals surface area contributed by atoms with Crippen molar-refractivity contribution < 1.29 is 19.7 Å². The van der Waals surface area contributed by atoms with Crippen LogP contribution in [0.2, 0.25) is 0 Å². The van der Waals surface area contributed by atoms with Gasteiger partial charge < -0.3 is 11.0 Å². The summed E-state index contributed by atoms with van der Waals surface area (Å²) in [5.74, 6) is 1.68. The van der Waals surface area contributed by atoms with E-state index in [1.165, 1.54) is 25.7 Å². The van der Waals surface area contributed by atoms with E-state index in [9.17, 15) is 8.78 Å². The molecule has 2 nitrogen and oxygen atoms in total. The fourth-order valence-corrected chi connectivity index (χ4v) is 2.69. The smallest absolute Gasteiger partial charge is 0.105 e. The molecule has 4 N–H and O–H groups in total. The average Bonchev–Trinajstić information content (AvgIpc) is 2.31. The molecule has 0 aromatic carbocycles. The maximum absolute atomic E-state index is 12.6. The van der Waals surface area contributed by atoms with Gasteiger partial charge in [-0.3, -0.25) is 0 Å². The maximum Gasteiger partial charge on any atom is 0.105 e. The normalized spacial score (nSPS) is 38.1. The molecule has 118 valence electrons. The third-order valence-electron chi connectivity index (χ3n) is 4.41. The van der Waals surface area contributed by atoms with Gasteiger partial charge in [-0.2, -0.15) is 0 Å². The van der Waals surface area contributed by atoms with Crippen LogP contribution in [0.1, 0.15) is 65.7 Å². The van der Waals surface area contributed by atoms with Crippen LogP contribution in [-0.4, -0.2) is 23.3 Å². The van der Waals surface area contributed by atoms with Gasteiger partial charge in [0.15, 0.2) is 0 Å². The molecule has 2 saturated carbocycles. The van der Waals surface area contributed by atoms with E-state index in [2.05, 4.69) is 13.8 Å². The summed E-state index contributed by atoms with van der Waals surface area (Å²) in [4.78, 5) is 0. The minimum atomic E-state index is -0.895. The van der Waals surface area contributed by atoms with Crippen LogP contribution in [0.3, 0.4) is 0 Å². The maximum atomic E-state index is 12.6. The van der Waals surface area contributed by atoms with E-state index in [1.807, 2.05) is 0 Å². The highest BCUT2D eigenvalue weighted by molar-refractivity contribution is 4.78. The highest BCUT2D eigenvalue weighted by Gasteiger charge is 2.29. The van der Waals surface area contributed by atoms with Gasteiger partial charge in [0, 0.05) is 5.92 Å². The fraction of sp³-hybridized carbons (Fsp3) is 1.00. The Morgan fingerprint density at radius 3 is 1.21 bits per heavy atom. The van der Waals surface area contributed by atoms with E-state index in [0.29, 0.717) is 19.3 Å². The highest BCUT2D eigenvalue weighted by atomic mass is 19.1. The van der Waals surface area contributed by atoms with Crippen molar-refractivity contribution in [1.29, 1.82) is 0 Å². The molecule has 19 heavy (non-hydrogen) atoms. The topological polar surface area (TPSA) is 63.0 Å². The Morgan fingerprint density at radius 2 is 0.947 bits per heavy atom. The van der Waals surface area contributed by atoms with Crippen molar-refractivity contribution in [2.24, 2.45) is 17.8 Å². The zero-order chi connectivity index (χ0) is 12.8. The van der Waals surface area contributed by atoms with Crippen molar-refractivity contribution >= 4 is 0 Å². The van der Waals surface area contributed by atoms with E-state index >= 15 is 0 Å². The first kappa shape index (κ1) is 21.1. The Bertz CT molecular complexity index is 186. The van der Waals surface area contributed by atoms with E-state index in [-0.39, 0.29) is 16.9 Å². The number of alkyl halides is 2. The predicted octanol–water partition coefficient (Wildman–Crippen LogP) is 3.67. The molecule has 0 aromatic heterocycles. The van der Waals surface area contributed by atoms with Crippen LogP contribution in [0.15, 0.2) is 0 Å². The second-order valence-corrected chi connectivity index (χ2v) is 6.19. The van der Waals surface area contributed by atoms with Crippen molar-refractivity contribution in [2.45, 2.75) is 78.1 Å². The Labute approximate surface area is 116 Å². The van der Waals surface area contributed by atoms with Crippen molar-refractivity contribution in [3.8, 4) is 0 Å². The van der Waals surface area contributed by atoms with Crippen LogP contribution < -0.4 is 0 Å². The van der Waals surface area contributed by atoms with E-state index in [4.69, 9.17) is 0 Å². The SMILES string of the molecule is CC1C(F)CCCC1F.CC1CCC(C)CC1.O.O. The van der Waals surface area contributed by atoms with Gasteiger partial charge in [0.05, 0.1) is 0 Å². The number of halogens is 2. The van der Waals surface area contributed by atoms with Gasteiger partial charge in [-0.1, -0.05) is 46.5 Å². The summed E-state index contributed by atoms with van der Waals surface area (Å²) in [7, 11) is 0. The zero-order valence-electron chi connectivity index (χ0n) is 12.6. The Kier molecular flexibility index (Phi) is 11.7. The summed E-state index contributed by atoms with van der Waals surface area (Å²) in [5, 5.41) is 0. The average molecular weight is 282 g/mol. The molecule has 0 bridgehead atoms. The quantitative estimate of drug-likeness (QED) is 0.651. The van der Waals surface area contributed by atoms with Gasteiger partial charge in [0.25, 0.3) is 0 Å². The van der Waals surface area contributed by atoms with E-state index in [1.54, 1.807) is 6.92 Å². The summed E-state index contributed by atoms with van der Waals surface area (Å²) in [6.45, 7) is 6.38. The molecule has 2 fully saturated rings. The largest absolute Gasteiger partial charge is 0.412 e. The molecule has 2 aliphatic carbocycles. The lowest BCUT2D eigenvalue weighted by atomic mass is 9.84. The molecule has 2 rings (SSSR count). The highest BCUT2D eigenvalue weighted by Crippen LogP contribution is 2.29. The van der Waals surface area contributed by atoms with Crippen LogP contribution in [0.25, 0.3) is 0 Å². The standard InChI is InChI=1S/C8H16.C7H12F2.2H2O/c1-7-3-5-8(2)6-4-7;1-5-6(8)3-2-4-7(5)9;;/h7-8H,3-6H2,1-2H3;5-7H,2-4H2,1H3;2*1H2. The number of rotatable bonds is 0. The molecule has 0 spiro atoms. The molecule has 0 aromatic rings. The molecular weight excluding hydrogens is 250 g/mol. The van der Waals surface area contributed by atoms with Crippen molar-refractivity contribution in [2.75, 3.05) is 0 Å². The molecule has 0 saturated heterocycles. The minimum Gasteiger partial charge on any atom is -0.412 e. The molecule has 0 amide bonds. The first-order valence-electron chi connectivity index (χ1n) is 7.28. The van der Waals surface area contributed by atoms with Gasteiger partial charge in [-0.05, 0) is 31.1 Å². The molecule has 2 atom stereocenters. The molecule has 0 heterocycles. The van der Waals surface area contributed by atoms with Crippen LogP contribution in [-0.2, 0) is 0 Å². The second-order valence-electron chi connectivity index (χ2n) is 6.19. The third kappa shape index (κ3) is 7.83. The Morgan fingerprint density at radius 1 is 0.632 bits per heavy atom. The van der Waals surface area contributed by atoms with Gasteiger partial charge in [-0.15, -0.1) is 0 Å². The van der Waals surface area contributed by atoms with Crippen LogP contribution in [0.5, 0.6) is 0 Å². The van der Waals surface area contributed by atoms with Gasteiger partial charge in [0.2, 0.25) is 0 Å². The summed E-state index contributed by atoms with van der Waals surface area (Å²) in [6, 6.07) is 0. The summed E-state index contributed by atoms with van der Waals surface area (Å²) >= 11 is 0. The van der Waals surface area contributed by atoms with E-state index in [0.717, 1.165) is 11.8 Å². The first-order valence-corrected chi connectivity index (χ1v) is 7.28. The molecule has 2 unspecified atom stereocenters. The van der Waals surface area contributed by atoms with E-state index < -0.39 is 12.3 Å². The predicted molar refractivity (Wildman–Crippen MR) is 76.8 cm³/mol. The fourth-order valence-electron chi connectivity index (χ4n) is 2.69. The Hall–Kier alpha value is -0.220. The van der Waals surface area contributed by atoms with Crippen LogP contribution >= 0.6 is 0 Å². The third-order valence-corrected chi connectivity index (χ3v) is 4.41. The van der Waals surface area contributed by atoms with Gasteiger partial charge in [0.1, 0.15) is 12.3 Å². The molecule has 0 aliphatic heterocycles. The monoisotopic (exact) mass is 282 g/mol. The number of hydrogen-bond donors (Lipinski definition) is 0. The lowest BCUT2D eigenvalue weighted by Crippen LogP contribution is -2.28. The summed E-state index contributed by atoms with van der Waals surface area (Å²) < 4.78 is 25.2. The first-order chi connectivity index (χ1) is 8.00. The molecule has 0 radical (unpaired) electrons. The molecule has 4 heteroatoms. The Balaban J connectivity index is 0. The minimum absolute atomic E-state index is 0. The van der Waals surface area contributed by atoms with Gasteiger partial charge in [-0.25, -0.2) is 8.78 Å². The van der Waals surface area contributed by atoms with Crippen molar-refractivity contribution in [1.82, 2.24) is 0 Å². The van der Waals surface area contributed by atoms with Crippen molar-refractivity contribution in [3.63, 3.8) is 0 Å². The number of hydrogen-bond acceptors (Lipinski definition) is 0. The summed E-state index contributed by atoms with van der Waals surface area (Å²) in [6.07, 6.45) is 5.93.